The summed E-state index contributed by atoms with van der Waals surface area (Å²) in [5.41, 5.74) is 2.34. The molecule has 0 aromatic heterocycles. The summed E-state index contributed by atoms with van der Waals surface area (Å²) in [7, 11) is 0. The fraction of sp³-hybridized carbons (Fsp3) is 0.632. The van der Waals surface area contributed by atoms with E-state index in [0.29, 0.717) is 0 Å². The monoisotopic (exact) mass is 332 g/mol. The van der Waals surface area contributed by atoms with Gasteiger partial charge in [-0.05, 0) is 51.0 Å². The molecule has 3 rings (SSSR count). The Bertz CT molecular complexity index is 538. The van der Waals surface area contributed by atoms with Gasteiger partial charge in [-0.1, -0.05) is 29.8 Å². The van der Waals surface area contributed by atoms with Gasteiger partial charge in [0.25, 0.3) is 0 Å². The normalized spacial score (nSPS) is 30.6. The van der Waals surface area contributed by atoms with Crippen molar-refractivity contribution >= 4 is 6.03 Å². The zero-order valence-corrected chi connectivity index (χ0v) is 14.3. The molecule has 1 aromatic carbocycles. The number of urea groups is 1. The first kappa shape index (κ1) is 17.2. The molecule has 1 saturated heterocycles. The van der Waals surface area contributed by atoms with Gasteiger partial charge >= 0.3 is 6.03 Å². The van der Waals surface area contributed by atoms with Gasteiger partial charge in [0.2, 0.25) is 0 Å². The molecule has 5 nitrogen and oxygen atoms in total. The van der Waals surface area contributed by atoms with E-state index in [-0.39, 0.29) is 30.3 Å². The van der Waals surface area contributed by atoms with Crippen molar-refractivity contribution in [2.75, 3.05) is 6.61 Å². The van der Waals surface area contributed by atoms with E-state index >= 15 is 0 Å². The van der Waals surface area contributed by atoms with Crippen molar-refractivity contribution in [1.82, 2.24) is 10.6 Å². The minimum Gasteiger partial charge on any atom is -0.393 e. The average molecular weight is 332 g/mol. The maximum absolute atomic E-state index is 12.4. The standard InChI is InChI=1S/C19H28N2O3/c1-13-4-6-14(7-5-13)18-17(3-2-12-24-18)21-19(23)20-15-8-10-16(22)11-9-15/h4-7,15-18,22H,2-3,8-12H2,1H3,(H2,20,21,23)/t15?,16?,17-,18+/m0/s1. The average Bonchev–Trinajstić information content (AvgIpc) is 2.58. The maximum Gasteiger partial charge on any atom is 0.315 e. The van der Waals surface area contributed by atoms with Gasteiger partial charge < -0.3 is 20.5 Å². The van der Waals surface area contributed by atoms with Crippen molar-refractivity contribution in [3.63, 3.8) is 0 Å². The number of benzene rings is 1. The Balaban J connectivity index is 1.57. The lowest BCUT2D eigenvalue weighted by atomic mass is 9.93. The van der Waals surface area contributed by atoms with Crippen LogP contribution in [-0.4, -0.2) is 35.9 Å². The summed E-state index contributed by atoms with van der Waals surface area (Å²) < 4.78 is 5.95. The Hall–Kier alpha value is -1.59. The number of aryl methyl sites for hydroxylation is 1. The second-order valence-corrected chi connectivity index (χ2v) is 7.07. The van der Waals surface area contributed by atoms with Gasteiger partial charge in [0.15, 0.2) is 0 Å². The van der Waals surface area contributed by atoms with Crippen LogP contribution in [-0.2, 0) is 4.74 Å². The first-order chi connectivity index (χ1) is 11.6. The zero-order chi connectivity index (χ0) is 16.9. The van der Waals surface area contributed by atoms with Crippen LogP contribution in [0.5, 0.6) is 0 Å². The van der Waals surface area contributed by atoms with Crippen LogP contribution in [0, 0.1) is 6.92 Å². The molecule has 2 amide bonds. The predicted molar refractivity (Wildman–Crippen MR) is 92.8 cm³/mol. The molecule has 0 bridgehead atoms. The van der Waals surface area contributed by atoms with Crippen LogP contribution in [0.25, 0.3) is 0 Å². The Morgan fingerprint density at radius 2 is 1.79 bits per heavy atom. The first-order valence-electron chi connectivity index (χ1n) is 9.05. The van der Waals surface area contributed by atoms with Crippen molar-refractivity contribution < 1.29 is 14.6 Å². The van der Waals surface area contributed by atoms with E-state index < -0.39 is 0 Å². The third-order valence-electron chi connectivity index (χ3n) is 5.08. The van der Waals surface area contributed by atoms with Gasteiger partial charge in [-0.25, -0.2) is 4.79 Å². The first-order valence-corrected chi connectivity index (χ1v) is 9.05. The van der Waals surface area contributed by atoms with E-state index in [2.05, 4.69) is 41.8 Å². The fourth-order valence-electron chi connectivity index (χ4n) is 3.63. The van der Waals surface area contributed by atoms with Crippen LogP contribution in [0.15, 0.2) is 24.3 Å². The predicted octanol–water partition coefficient (Wildman–Crippen LogP) is 2.82. The molecule has 2 atom stereocenters. The summed E-state index contributed by atoms with van der Waals surface area (Å²) in [5, 5.41) is 15.7. The van der Waals surface area contributed by atoms with Crippen molar-refractivity contribution in [1.29, 1.82) is 0 Å². The van der Waals surface area contributed by atoms with E-state index in [1.165, 1.54) is 5.56 Å². The maximum atomic E-state index is 12.4. The molecule has 3 N–H and O–H groups in total. The third-order valence-corrected chi connectivity index (χ3v) is 5.08. The number of amides is 2. The van der Waals surface area contributed by atoms with Crippen LogP contribution in [0.3, 0.4) is 0 Å². The van der Waals surface area contributed by atoms with Gasteiger partial charge in [0, 0.05) is 12.6 Å². The minimum absolute atomic E-state index is 0.00404. The van der Waals surface area contributed by atoms with Crippen molar-refractivity contribution in [2.24, 2.45) is 0 Å². The highest BCUT2D eigenvalue weighted by Crippen LogP contribution is 2.28. The summed E-state index contributed by atoms with van der Waals surface area (Å²) >= 11 is 0. The molecule has 2 aliphatic rings. The molecule has 0 spiro atoms. The number of aliphatic hydroxyl groups is 1. The number of aliphatic hydroxyl groups excluding tert-OH is 1. The van der Waals surface area contributed by atoms with Crippen LogP contribution in [0.1, 0.15) is 55.8 Å². The highest BCUT2D eigenvalue weighted by Gasteiger charge is 2.29. The molecule has 1 aliphatic carbocycles. The quantitative estimate of drug-likeness (QED) is 0.797. The molecule has 0 unspecified atom stereocenters. The molecular formula is C19H28N2O3. The number of nitrogens with one attached hydrogen (secondary N) is 2. The van der Waals surface area contributed by atoms with Gasteiger partial charge in [-0.2, -0.15) is 0 Å². The molecule has 1 aliphatic heterocycles. The van der Waals surface area contributed by atoms with Crippen LogP contribution in [0.4, 0.5) is 4.79 Å². The lowest BCUT2D eigenvalue weighted by molar-refractivity contribution is -0.00760. The molecule has 2 fully saturated rings. The lowest BCUT2D eigenvalue weighted by Crippen LogP contribution is -2.50. The number of carbonyl (C=O) groups excluding carboxylic acids is 1. The van der Waals surface area contributed by atoms with Gasteiger partial charge in [-0.3, -0.25) is 0 Å². The molecule has 0 radical (unpaired) electrons. The van der Waals surface area contributed by atoms with Gasteiger partial charge in [-0.15, -0.1) is 0 Å². The van der Waals surface area contributed by atoms with E-state index in [1.54, 1.807) is 0 Å². The van der Waals surface area contributed by atoms with Crippen LogP contribution >= 0.6 is 0 Å². The Morgan fingerprint density at radius 1 is 1.08 bits per heavy atom. The Morgan fingerprint density at radius 3 is 2.50 bits per heavy atom. The lowest BCUT2D eigenvalue weighted by Gasteiger charge is -2.34. The number of ether oxygens (including phenoxy) is 1. The van der Waals surface area contributed by atoms with E-state index in [9.17, 15) is 9.90 Å². The summed E-state index contributed by atoms with van der Waals surface area (Å²) in [4.78, 5) is 12.4. The SMILES string of the molecule is Cc1ccc([C@H]2OCCC[C@@H]2NC(=O)NC2CCC(O)CC2)cc1. The molecule has 1 saturated carbocycles. The molecule has 132 valence electrons. The third kappa shape index (κ3) is 4.48. The summed E-state index contributed by atoms with van der Waals surface area (Å²) in [5.74, 6) is 0. The number of hydrogen-bond donors (Lipinski definition) is 3. The summed E-state index contributed by atoms with van der Waals surface area (Å²) in [6, 6.07) is 8.37. The Kier molecular flexibility index (Phi) is 5.74. The topological polar surface area (TPSA) is 70.6 Å². The molecule has 1 aromatic rings. The second kappa shape index (κ2) is 7.99. The molecule has 1 heterocycles. The minimum atomic E-state index is -0.205. The van der Waals surface area contributed by atoms with Crippen molar-refractivity contribution in [3.8, 4) is 0 Å². The van der Waals surface area contributed by atoms with Gasteiger partial charge in [0.1, 0.15) is 6.10 Å². The highest BCUT2D eigenvalue weighted by atomic mass is 16.5. The Labute approximate surface area is 143 Å². The smallest absolute Gasteiger partial charge is 0.315 e. The molecular weight excluding hydrogens is 304 g/mol. The molecule has 24 heavy (non-hydrogen) atoms. The summed E-state index contributed by atoms with van der Waals surface area (Å²) in [6.45, 7) is 2.80. The molecule has 5 heteroatoms. The highest BCUT2D eigenvalue weighted by molar-refractivity contribution is 5.74. The van der Waals surface area contributed by atoms with E-state index in [0.717, 1.165) is 50.7 Å². The zero-order valence-electron chi connectivity index (χ0n) is 14.3. The van der Waals surface area contributed by atoms with Gasteiger partial charge in [0.05, 0.1) is 12.1 Å². The van der Waals surface area contributed by atoms with Crippen LogP contribution < -0.4 is 10.6 Å². The van der Waals surface area contributed by atoms with E-state index in [4.69, 9.17) is 4.74 Å². The summed E-state index contributed by atoms with van der Waals surface area (Å²) in [6.07, 6.45) is 4.82. The fourth-order valence-corrected chi connectivity index (χ4v) is 3.63. The van der Waals surface area contributed by atoms with Crippen molar-refractivity contribution in [2.45, 2.75) is 69.7 Å². The number of hydrogen-bond acceptors (Lipinski definition) is 3. The number of carbonyl (C=O) groups is 1. The van der Waals surface area contributed by atoms with E-state index in [1.807, 2.05) is 0 Å². The second-order valence-electron chi connectivity index (χ2n) is 7.07. The van der Waals surface area contributed by atoms with Crippen molar-refractivity contribution in [3.05, 3.63) is 35.4 Å². The largest absolute Gasteiger partial charge is 0.393 e. The number of rotatable bonds is 3. The van der Waals surface area contributed by atoms with Crippen LogP contribution in [0.2, 0.25) is 0 Å².